The van der Waals surface area contributed by atoms with Gasteiger partial charge in [0.05, 0.1) is 10.3 Å². The summed E-state index contributed by atoms with van der Waals surface area (Å²) in [4.78, 5) is 16.6. The molecular formula is C21H21N3O3S2. The first kappa shape index (κ1) is 19.8. The van der Waals surface area contributed by atoms with Gasteiger partial charge >= 0.3 is 0 Å². The molecule has 29 heavy (non-hydrogen) atoms. The van der Waals surface area contributed by atoms with E-state index in [0.717, 1.165) is 0 Å². The normalized spacial score (nSPS) is 14.5. The Hall–Kier alpha value is -2.45. The van der Waals surface area contributed by atoms with Crippen LogP contribution >= 0.6 is 23.5 Å². The van der Waals surface area contributed by atoms with Gasteiger partial charge in [0.2, 0.25) is 11.7 Å². The molecule has 1 aliphatic rings. The summed E-state index contributed by atoms with van der Waals surface area (Å²) < 4.78 is 11.2. The number of benzene rings is 2. The second kappa shape index (κ2) is 9.37. The predicted molar refractivity (Wildman–Crippen MR) is 117 cm³/mol. The van der Waals surface area contributed by atoms with Crippen LogP contribution in [0.2, 0.25) is 0 Å². The van der Waals surface area contributed by atoms with Crippen LogP contribution in [0.15, 0.2) is 53.1 Å². The van der Waals surface area contributed by atoms with Gasteiger partial charge in [0.15, 0.2) is 6.61 Å². The molecule has 3 aromatic rings. The largest absolute Gasteiger partial charge is 0.484 e. The van der Waals surface area contributed by atoms with Gasteiger partial charge in [-0.1, -0.05) is 29.4 Å². The summed E-state index contributed by atoms with van der Waals surface area (Å²) in [7, 11) is 0. The number of ether oxygens (including phenoxy) is 1. The number of hydrogen-bond acceptors (Lipinski definition) is 7. The number of thioether (sulfide) groups is 2. The summed E-state index contributed by atoms with van der Waals surface area (Å²) in [6.45, 7) is 1.65. The molecule has 0 aliphatic carbocycles. The third kappa shape index (κ3) is 5.13. The van der Waals surface area contributed by atoms with Gasteiger partial charge in [0, 0.05) is 12.5 Å². The number of carbonyl (C=O) groups excluding carboxylic acids is 1. The molecule has 1 aromatic heterocycles. The smallest absolute Gasteiger partial charge is 0.262 e. The summed E-state index contributed by atoms with van der Waals surface area (Å²) in [5.41, 5.74) is 2.61. The lowest BCUT2D eigenvalue weighted by molar-refractivity contribution is -0.118. The molecule has 1 aliphatic heterocycles. The van der Waals surface area contributed by atoms with Crippen molar-refractivity contribution in [3.05, 3.63) is 60.0 Å². The van der Waals surface area contributed by atoms with Gasteiger partial charge in [-0.2, -0.15) is 4.98 Å². The Balaban J connectivity index is 1.35. The molecule has 1 amide bonds. The van der Waals surface area contributed by atoms with Crippen LogP contribution in [0.25, 0.3) is 11.4 Å². The standard InChI is InChI=1S/C21H21N3O3S2/c1-14-22-20(24-27-14)17-5-2-3-6-18(17)23-19(25)13-26-16-9-7-15(8-10-16)21-28-11-4-12-29-21/h2-3,5-10,21H,4,11-13H2,1H3,(H,23,25). The summed E-state index contributed by atoms with van der Waals surface area (Å²) in [6.07, 6.45) is 1.28. The highest BCUT2D eigenvalue weighted by Gasteiger charge is 2.17. The zero-order chi connectivity index (χ0) is 20.1. The lowest BCUT2D eigenvalue weighted by Gasteiger charge is -2.21. The maximum atomic E-state index is 12.4. The van der Waals surface area contributed by atoms with Crippen molar-refractivity contribution >= 4 is 35.1 Å². The van der Waals surface area contributed by atoms with E-state index >= 15 is 0 Å². The van der Waals surface area contributed by atoms with Gasteiger partial charge in [-0.15, -0.1) is 23.5 Å². The minimum absolute atomic E-state index is 0.0775. The fraction of sp³-hybridized carbons (Fsp3) is 0.286. The Morgan fingerprint density at radius 3 is 2.66 bits per heavy atom. The number of hydrogen-bond donors (Lipinski definition) is 1. The van der Waals surface area contributed by atoms with Crippen LogP contribution < -0.4 is 10.1 Å². The van der Waals surface area contributed by atoms with Crippen molar-refractivity contribution < 1.29 is 14.1 Å². The predicted octanol–water partition coefficient (Wildman–Crippen LogP) is 4.93. The average Bonchev–Trinajstić information content (AvgIpc) is 3.20. The molecule has 1 saturated heterocycles. The average molecular weight is 428 g/mol. The Morgan fingerprint density at radius 2 is 1.93 bits per heavy atom. The number of aryl methyl sites for hydroxylation is 1. The maximum absolute atomic E-state index is 12.4. The third-order valence-corrected chi connectivity index (χ3v) is 7.33. The first-order valence-electron chi connectivity index (χ1n) is 9.34. The van der Waals surface area contributed by atoms with Crippen LogP contribution in [0, 0.1) is 6.92 Å². The number of rotatable bonds is 6. The Morgan fingerprint density at radius 1 is 1.17 bits per heavy atom. The zero-order valence-electron chi connectivity index (χ0n) is 16.0. The van der Waals surface area contributed by atoms with Gasteiger partial charge in [-0.3, -0.25) is 4.79 Å². The molecule has 1 N–H and O–H groups in total. The quantitative estimate of drug-likeness (QED) is 0.597. The van der Waals surface area contributed by atoms with Gasteiger partial charge in [0.25, 0.3) is 5.91 Å². The third-order valence-electron chi connectivity index (χ3n) is 4.32. The zero-order valence-corrected chi connectivity index (χ0v) is 17.6. The molecule has 0 radical (unpaired) electrons. The van der Waals surface area contributed by atoms with Gasteiger partial charge in [0.1, 0.15) is 5.75 Å². The topological polar surface area (TPSA) is 77.2 Å². The lowest BCUT2D eigenvalue weighted by Crippen LogP contribution is -2.20. The van der Waals surface area contributed by atoms with E-state index in [0.29, 0.717) is 33.3 Å². The first-order chi connectivity index (χ1) is 14.2. The molecule has 150 valence electrons. The van der Waals surface area contributed by atoms with Crippen LogP contribution in [0.4, 0.5) is 5.69 Å². The number of amides is 1. The van der Waals surface area contributed by atoms with Crippen molar-refractivity contribution in [1.82, 2.24) is 10.1 Å². The fourth-order valence-corrected chi connectivity index (χ4v) is 5.83. The highest BCUT2D eigenvalue weighted by molar-refractivity contribution is 8.16. The minimum Gasteiger partial charge on any atom is -0.484 e. The van der Waals surface area contributed by atoms with Crippen molar-refractivity contribution in [2.75, 3.05) is 23.4 Å². The van der Waals surface area contributed by atoms with Crippen LogP contribution in [0.1, 0.15) is 22.5 Å². The van der Waals surface area contributed by atoms with E-state index in [-0.39, 0.29) is 12.5 Å². The van der Waals surface area contributed by atoms with Gasteiger partial charge < -0.3 is 14.6 Å². The number of anilines is 1. The van der Waals surface area contributed by atoms with Crippen molar-refractivity contribution in [1.29, 1.82) is 0 Å². The Bertz CT molecular complexity index is 969. The van der Waals surface area contributed by atoms with E-state index in [4.69, 9.17) is 9.26 Å². The first-order valence-corrected chi connectivity index (χ1v) is 11.4. The molecular weight excluding hydrogens is 406 g/mol. The lowest BCUT2D eigenvalue weighted by atomic mass is 10.1. The van der Waals surface area contributed by atoms with Crippen molar-refractivity contribution in [3.63, 3.8) is 0 Å². The molecule has 0 unspecified atom stereocenters. The SMILES string of the molecule is Cc1nc(-c2ccccc2NC(=O)COc2ccc(C3SCCCS3)cc2)no1. The number of nitrogens with zero attached hydrogens (tertiary/aromatic N) is 2. The number of carbonyl (C=O) groups is 1. The summed E-state index contributed by atoms with van der Waals surface area (Å²) in [5, 5.41) is 6.78. The monoisotopic (exact) mass is 427 g/mol. The highest BCUT2D eigenvalue weighted by atomic mass is 32.2. The van der Waals surface area contributed by atoms with E-state index in [9.17, 15) is 4.79 Å². The van der Waals surface area contributed by atoms with Crippen molar-refractivity contribution in [2.45, 2.75) is 17.9 Å². The molecule has 0 saturated carbocycles. The van der Waals surface area contributed by atoms with E-state index in [1.54, 1.807) is 13.0 Å². The van der Waals surface area contributed by atoms with Gasteiger partial charge in [-0.25, -0.2) is 0 Å². The van der Waals surface area contributed by atoms with Crippen molar-refractivity contribution in [3.8, 4) is 17.1 Å². The second-order valence-electron chi connectivity index (χ2n) is 6.52. The molecule has 0 spiro atoms. The maximum Gasteiger partial charge on any atom is 0.262 e. The molecule has 0 atom stereocenters. The number of nitrogens with one attached hydrogen (secondary N) is 1. The minimum atomic E-state index is -0.250. The molecule has 0 bridgehead atoms. The second-order valence-corrected chi connectivity index (χ2v) is 9.24. The molecule has 1 fully saturated rings. The fourth-order valence-electron chi connectivity index (χ4n) is 2.93. The number of aromatic nitrogens is 2. The van der Waals surface area contributed by atoms with Crippen LogP contribution in [-0.4, -0.2) is 34.2 Å². The molecule has 6 nitrogen and oxygen atoms in total. The van der Waals surface area contributed by atoms with E-state index in [1.165, 1.54) is 23.5 Å². The molecule has 4 rings (SSSR count). The Labute approximate surface area is 177 Å². The molecule has 8 heteroatoms. The van der Waals surface area contributed by atoms with E-state index < -0.39 is 0 Å². The van der Waals surface area contributed by atoms with Crippen molar-refractivity contribution in [2.24, 2.45) is 0 Å². The van der Waals surface area contributed by atoms with E-state index in [2.05, 4.69) is 27.6 Å². The summed E-state index contributed by atoms with van der Waals surface area (Å²) in [6, 6.07) is 15.3. The number of para-hydroxylation sites is 1. The summed E-state index contributed by atoms with van der Waals surface area (Å²) >= 11 is 3.97. The van der Waals surface area contributed by atoms with Crippen LogP contribution in [0.5, 0.6) is 5.75 Å². The molecule has 2 heterocycles. The highest BCUT2D eigenvalue weighted by Crippen LogP contribution is 2.43. The Kier molecular flexibility index (Phi) is 6.41. The van der Waals surface area contributed by atoms with Gasteiger partial charge in [-0.05, 0) is 47.8 Å². The summed E-state index contributed by atoms with van der Waals surface area (Å²) in [5.74, 6) is 3.75. The van der Waals surface area contributed by atoms with E-state index in [1.807, 2.05) is 53.9 Å². The van der Waals surface area contributed by atoms with Crippen LogP contribution in [-0.2, 0) is 4.79 Å². The van der Waals surface area contributed by atoms with Crippen LogP contribution in [0.3, 0.4) is 0 Å². The molecule has 2 aromatic carbocycles.